The van der Waals surface area contributed by atoms with Gasteiger partial charge < -0.3 is 13.9 Å². The lowest BCUT2D eigenvalue weighted by atomic mass is 10.1. The van der Waals surface area contributed by atoms with Crippen LogP contribution in [-0.4, -0.2) is 19.2 Å². The van der Waals surface area contributed by atoms with Crippen molar-refractivity contribution in [2.75, 3.05) is 13.2 Å². The molecule has 0 saturated heterocycles. The average Bonchev–Trinajstić information content (AvgIpc) is 2.43. The van der Waals surface area contributed by atoms with E-state index in [2.05, 4.69) is 15.9 Å². The topological polar surface area (TPSA) is 65.7 Å². The van der Waals surface area contributed by atoms with E-state index in [4.69, 9.17) is 13.9 Å². The van der Waals surface area contributed by atoms with Crippen LogP contribution >= 0.6 is 15.9 Å². The number of aryl methyl sites for hydroxylation is 1. The fourth-order valence-electron chi connectivity index (χ4n) is 1.75. The maximum Gasteiger partial charge on any atom is 0.350 e. The Balaban J connectivity index is 2.28. The van der Waals surface area contributed by atoms with Crippen molar-refractivity contribution in [2.24, 2.45) is 0 Å². The maximum absolute atomic E-state index is 11.6. The third-order valence-electron chi connectivity index (χ3n) is 2.73. The van der Waals surface area contributed by atoms with Crippen LogP contribution in [0.3, 0.4) is 0 Å². The van der Waals surface area contributed by atoms with E-state index >= 15 is 0 Å². The van der Waals surface area contributed by atoms with E-state index in [1.807, 2.05) is 6.92 Å². The molecule has 0 aliphatic rings. The van der Waals surface area contributed by atoms with Crippen LogP contribution in [-0.2, 0) is 9.53 Å². The number of ether oxygens (including phenoxy) is 2. The minimum atomic E-state index is -0.447. The lowest BCUT2D eigenvalue weighted by Crippen LogP contribution is -2.14. The molecule has 2 aromatic rings. The lowest BCUT2D eigenvalue weighted by molar-refractivity contribution is -0.145. The van der Waals surface area contributed by atoms with Crippen molar-refractivity contribution in [2.45, 2.75) is 13.8 Å². The van der Waals surface area contributed by atoms with Gasteiger partial charge in [0.2, 0.25) is 0 Å². The molecule has 0 fully saturated rings. The van der Waals surface area contributed by atoms with Crippen LogP contribution in [0.25, 0.3) is 11.0 Å². The molecule has 0 bridgehead atoms. The zero-order valence-corrected chi connectivity index (χ0v) is 12.7. The van der Waals surface area contributed by atoms with Gasteiger partial charge in [-0.05, 0) is 47.5 Å². The zero-order chi connectivity index (χ0) is 14.7. The molecule has 0 amide bonds. The predicted octanol–water partition coefficient (Wildman–Crippen LogP) is 2.81. The van der Waals surface area contributed by atoms with Gasteiger partial charge in [-0.15, -0.1) is 0 Å². The summed E-state index contributed by atoms with van der Waals surface area (Å²) in [6.07, 6.45) is 0. The molecule has 0 saturated carbocycles. The molecule has 1 aromatic carbocycles. The SMILES string of the molecule is CCOC(=O)COc1ccc2c(C)c(Br)c(=O)oc2c1. The van der Waals surface area contributed by atoms with Crippen LogP contribution < -0.4 is 10.4 Å². The first-order valence-corrected chi connectivity index (χ1v) is 6.83. The summed E-state index contributed by atoms with van der Waals surface area (Å²) in [7, 11) is 0. The number of benzene rings is 1. The molecule has 1 heterocycles. The Hall–Kier alpha value is -1.82. The molecule has 106 valence electrons. The van der Waals surface area contributed by atoms with Gasteiger partial charge in [-0.3, -0.25) is 0 Å². The third-order valence-corrected chi connectivity index (χ3v) is 3.65. The van der Waals surface area contributed by atoms with Crippen molar-refractivity contribution >= 4 is 32.9 Å². The molecule has 0 aliphatic carbocycles. The summed E-state index contributed by atoms with van der Waals surface area (Å²) in [5.41, 5.74) is 0.766. The summed E-state index contributed by atoms with van der Waals surface area (Å²) in [6.45, 7) is 3.67. The van der Waals surface area contributed by atoms with Crippen LogP contribution in [0.15, 0.2) is 31.9 Å². The van der Waals surface area contributed by atoms with E-state index in [0.717, 1.165) is 10.9 Å². The molecule has 20 heavy (non-hydrogen) atoms. The Labute approximate surface area is 123 Å². The zero-order valence-electron chi connectivity index (χ0n) is 11.1. The molecule has 0 aliphatic heterocycles. The van der Waals surface area contributed by atoms with Gasteiger partial charge in [0.15, 0.2) is 6.61 Å². The van der Waals surface area contributed by atoms with Crippen molar-refractivity contribution in [3.63, 3.8) is 0 Å². The van der Waals surface area contributed by atoms with Crippen LogP contribution in [0.4, 0.5) is 0 Å². The normalized spacial score (nSPS) is 10.6. The van der Waals surface area contributed by atoms with Gasteiger partial charge in [-0.1, -0.05) is 0 Å². The van der Waals surface area contributed by atoms with E-state index in [1.165, 1.54) is 0 Å². The smallest absolute Gasteiger partial charge is 0.350 e. The minimum Gasteiger partial charge on any atom is -0.482 e. The van der Waals surface area contributed by atoms with Crippen LogP contribution in [0, 0.1) is 6.92 Å². The van der Waals surface area contributed by atoms with E-state index in [-0.39, 0.29) is 6.61 Å². The van der Waals surface area contributed by atoms with Crippen molar-refractivity contribution in [1.29, 1.82) is 0 Å². The summed E-state index contributed by atoms with van der Waals surface area (Å²) in [6, 6.07) is 5.06. The van der Waals surface area contributed by atoms with Gasteiger partial charge >= 0.3 is 11.6 Å². The third kappa shape index (κ3) is 3.01. The molecule has 0 N–H and O–H groups in total. The highest BCUT2D eigenvalue weighted by Gasteiger charge is 2.10. The highest BCUT2D eigenvalue weighted by Crippen LogP contribution is 2.26. The molecule has 0 atom stereocenters. The lowest BCUT2D eigenvalue weighted by Gasteiger charge is -2.07. The van der Waals surface area contributed by atoms with Gasteiger partial charge in [0.1, 0.15) is 15.8 Å². The van der Waals surface area contributed by atoms with Gasteiger partial charge in [0, 0.05) is 11.5 Å². The van der Waals surface area contributed by atoms with Gasteiger partial charge in [-0.25, -0.2) is 9.59 Å². The maximum atomic E-state index is 11.6. The average molecular weight is 341 g/mol. The number of halogens is 1. The number of fused-ring (bicyclic) bond motifs is 1. The molecule has 2 rings (SSSR count). The Bertz CT molecular complexity index is 705. The molecule has 1 aromatic heterocycles. The van der Waals surface area contributed by atoms with Crippen LogP contribution in [0.2, 0.25) is 0 Å². The second-order valence-electron chi connectivity index (χ2n) is 4.08. The number of esters is 1. The number of carbonyl (C=O) groups is 1. The van der Waals surface area contributed by atoms with E-state index in [1.54, 1.807) is 25.1 Å². The van der Waals surface area contributed by atoms with Crippen molar-refractivity contribution in [3.8, 4) is 5.75 Å². The second-order valence-corrected chi connectivity index (χ2v) is 4.87. The predicted molar refractivity (Wildman–Crippen MR) is 77.0 cm³/mol. The number of rotatable bonds is 4. The summed E-state index contributed by atoms with van der Waals surface area (Å²) in [5.74, 6) is -0.00328. The Morgan fingerprint density at radius 2 is 2.15 bits per heavy atom. The Kier molecular flexibility index (Phi) is 4.44. The molecule has 0 unspecified atom stereocenters. The fraction of sp³-hybridized carbons (Fsp3) is 0.286. The highest BCUT2D eigenvalue weighted by atomic mass is 79.9. The van der Waals surface area contributed by atoms with Gasteiger partial charge in [-0.2, -0.15) is 0 Å². The molecule has 0 radical (unpaired) electrons. The monoisotopic (exact) mass is 340 g/mol. The van der Waals surface area contributed by atoms with E-state index < -0.39 is 11.6 Å². The second kappa shape index (κ2) is 6.09. The highest BCUT2D eigenvalue weighted by molar-refractivity contribution is 9.10. The summed E-state index contributed by atoms with van der Waals surface area (Å²) < 4.78 is 15.6. The quantitative estimate of drug-likeness (QED) is 0.632. The van der Waals surface area contributed by atoms with Crippen molar-refractivity contribution < 1.29 is 18.7 Å². The summed E-state index contributed by atoms with van der Waals surface area (Å²) in [4.78, 5) is 22.8. The van der Waals surface area contributed by atoms with Gasteiger partial charge in [0.25, 0.3) is 0 Å². The largest absolute Gasteiger partial charge is 0.482 e. The molecular weight excluding hydrogens is 328 g/mol. The first-order valence-electron chi connectivity index (χ1n) is 6.04. The summed E-state index contributed by atoms with van der Waals surface area (Å²) >= 11 is 3.19. The molecule has 0 spiro atoms. The van der Waals surface area contributed by atoms with E-state index in [0.29, 0.717) is 22.4 Å². The first kappa shape index (κ1) is 14.6. The minimum absolute atomic E-state index is 0.181. The van der Waals surface area contributed by atoms with Crippen LogP contribution in [0.5, 0.6) is 5.75 Å². The van der Waals surface area contributed by atoms with E-state index in [9.17, 15) is 9.59 Å². The molecule has 6 heteroatoms. The van der Waals surface area contributed by atoms with Crippen LogP contribution in [0.1, 0.15) is 12.5 Å². The molecule has 5 nitrogen and oxygen atoms in total. The molecular formula is C14H13BrO5. The van der Waals surface area contributed by atoms with Gasteiger partial charge in [0.05, 0.1) is 6.61 Å². The Morgan fingerprint density at radius 3 is 2.85 bits per heavy atom. The van der Waals surface area contributed by atoms with Crippen molar-refractivity contribution in [3.05, 3.63) is 38.7 Å². The number of hydrogen-bond donors (Lipinski definition) is 0. The number of carbonyl (C=O) groups excluding carboxylic acids is 1. The fourth-order valence-corrected chi connectivity index (χ4v) is 2.04. The first-order chi connectivity index (χ1) is 9.52. The standard InChI is InChI=1S/C14H13BrO5/c1-3-18-12(16)7-19-9-4-5-10-8(2)13(15)14(17)20-11(10)6-9/h4-6H,3,7H2,1-2H3. The number of hydrogen-bond acceptors (Lipinski definition) is 5. The summed E-state index contributed by atoms with van der Waals surface area (Å²) in [5, 5.41) is 0.806. The van der Waals surface area contributed by atoms with Crippen molar-refractivity contribution in [1.82, 2.24) is 0 Å². The Morgan fingerprint density at radius 1 is 1.40 bits per heavy atom.